The molecule has 0 bridgehead atoms. The number of hydrogen-bond donors (Lipinski definition) is 2. The molecule has 1 fully saturated rings. The Morgan fingerprint density at radius 2 is 2.00 bits per heavy atom. The SMILES string of the molecule is CCCC1CCC(NCc2ccc3cc[nH]c3c2)CC1. The van der Waals surface area contributed by atoms with E-state index < -0.39 is 0 Å². The Morgan fingerprint density at radius 3 is 2.80 bits per heavy atom. The van der Waals surface area contributed by atoms with Crippen LogP contribution in [0.4, 0.5) is 0 Å². The summed E-state index contributed by atoms with van der Waals surface area (Å²) in [6.45, 7) is 3.30. The smallest absolute Gasteiger partial charge is 0.0457 e. The van der Waals surface area contributed by atoms with E-state index in [1.807, 2.05) is 6.20 Å². The summed E-state index contributed by atoms with van der Waals surface area (Å²) in [4.78, 5) is 3.29. The molecule has 0 amide bonds. The molecule has 0 spiro atoms. The quantitative estimate of drug-likeness (QED) is 0.815. The van der Waals surface area contributed by atoms with Gasteiger partial charge in [-0.2, -0.15) is 0 Å². The Balaban J connectivity index is 1.50. The van der Waals surface area contributed by atoms with Crippen LogP contribution < -0.4 is 5.32 Å². The van der Waals surface area contributed by atoms with Crippen LogP contribution >= 0.6 is 0 Å². The molecule has 0 atom stereocenters. The van der Waals surface area contributed by atoms with E-state index in [4.69, 9.17) is 0 Å². The van der Waals surface area contributed by atoms with Crippen LogP contribution in [0, 0.1) is 5.92 Å². The predicted octanol–water partition coefficient (Wildman–Crippen LogP) is 4.62. The predicted molar refractivity (Wildman–Crippen MR) is 85.8 cm³/mol. The van der Waals surface area contributed by atoms with E-state index >= 15 is 0 Å². The Hall–Kier alpha value is -1.28. The summed E-state index contributed by atoms with van der Waals surface area (Å²) in [7, 11) is 0. The summed E-state index contributed by atoms with van der Waals surface area (Å²) in [5.74, 6) is 0.994. The lowest BCUT2D eigenvalue weighted by molar-refractivity contribution is 0.277. The van der Waals surface area contributed by atoms with Crippen LogP contribution in [0.5, 0.6) is 0 Å². The Morgan fingerprint density at radius 1 is 1.15 bits per heavy atom. The fourth-order valence-corrected chi connectivity index (χ4v) is 3.53. The molecule has 2 aromatic rings. The van der Waals surface area contributed by atoms with Crippen molar-refractivity contribution in [3.8, 4) is 0 Å². The van der Waals surface area contributed by atoms with Gasteiger partial charge in [0, 0.05) is 24.3 Å². The topological polar surface area (TPSA) is 27.8 Å². The number of aromatic nitrogens is 1. The van der Waals surface area contributed by atoms with Crippen molar-refractivity contribution in [1.29, 1.82) is 0 Å². The van der Waals surface area contributed by atoms with E-state index in [0.717, 1.165) is 18.5 Å². The van der Waals surface area contributed by atoms with Gasteiger partial charge in [-0.3, -0.25) is 0 Å². The highest BCUT2D eigenvalue weighted by molar-refractivity contribution is 5.79. The number of aromatic amines is 1. The van der Waals surface area contributed by atoms with Crippen molar-refractivity contribution >= 4 is 10.9 Å². The molecule has 0 saturated heterocycles. The maximum absolute atomic E-state index is 3.74. The zero-order valence-corrected chi connectivity index (χ0v) is 12.5. The first-order valence-corrected chi connectivity index (χ1v) is 8.14. The molecule has 1 aromatic heterocycles. The lowest BCUT2D eigenvalue weighted by Gasteiger charge is -2.29. The van der Waals surface area contributed by atoms with Gasteiger partial charge >= 0.3 is 0 Å². The fourth-order valence-electron chi connectivity index (χ4n) is 3.53. The Labute approximate surface area is 122 Å². The van der Waals surface area contributed by atoms with Crippen LogP contribution in [-0.2, 0) is 6.54 Å². The van der Waals surface area contributed by atoms with Crippen LogP contribution in [0.25, 0.3) is 10.9 Å². The van der Waals surface area contributed by atoms with Gasteiger partial charge in [0.25, 0.3) is 0 Å². The van der Waals surface area contributed by atoms with Gasteiger partial charge in [0.05, 0.1) is 0 Å². The summed E-state index contributed by atoms with van der Waals surface area (Å²) in [5, 5.41) is 5.04. The molecule has 20 heavy (non-hydrogen) atoms. The summed E-state index contributed by atoms with van der Waals surface area (Å²) < 4.78 is 0. The number of hydrogen-bond acceptors (Lipinski definition) is 1. The number of benzene rings is 1. The molecule has 0 radical (unpaired) electrons. The molecular weight excluding hydrogens is 244 g/mol. The zero-order chi connectivity index (χ0) is 13.8. The van der Waals surface area contributed by atoms with Gasteiger partial charge in [0.2, 0.25) is 0 Å². The third-order valence-electron chi connectivity index (χ3n) is 4.76. The van der Waals surface area contributed by atoms with E-state index in [1.165, 1.54) is 55.0 Å². The van der Waals surface area contributed by atoms with Gasteiger partial charge in [-0.25, -0.2) is 0 Å². The van der Waals surface area contributed by atoms with Crippen LogP contribution in [0.15, 0.2) is 30.5 Å². The van der Waals surface area contributed by atoms with E-state index in [-0.39, 0.29) is 0 Å². The average molecular weight is 270 g/mol. The summed E-state index contributed by atoms with van der Waals surface area (Å²) >= 11 is 0. The molecule has 108 valence electrons. The molecule has 1 aromatic carbocycles. The highest BCUT2D eigenvalue weighted by Gasteiger charge is 2.19. The highest BCUT2D eigenvalue weighted by atomic mass is 14.9. The Kier molecular flexibility index (Phi) is 4.41. The second-order valence-electron chi connectivity index (χ2n) is 6.29. The summed E-state index contributed by atoms with van der Waals surface area (Å²) in [5.41, 5.74) is 2.63. The lowest BCUT2D eigenvalue weighted by atomic mass is 9.83. The maximum Gasteiger partial charge on any atom is 0.0457 e. The molecule has 1 heterocycles. The first-order chi connectivity index (χ1) is 9.85. The van der Waals surface area contributed by atoms with Crippen LogP contribution in [0.3, 0.4) is 0 Å². The van der Waals surface area contributed by atoms with Gasteiger partial charge in [-0.15, -0.1) is 0 Å². The minimum atomic E-state index is 0.724. The zero-order valence-electron chi connectivity index (χ0n) is 12.5. The van der Waals surface area contributed by atoms with Crippen molar-refractivity contribution in [2.24, 2.45) is 5.92 Å². The van der Waals surface area contributed by atoms with Crippen molar-refractivity contribution in [1.82, 2.24) is 10.3 Å². The van der Waals surface area contributed by atoms with E-state index in [9.17, 15) is 0 Å². The number of H-pyrrole nitrogens is 1. The first-order valence-electron chi connectivity index (χ1n) is 8.14. The van der Waals surface area contributed by atoms with Crippen molar-refractivity contribution in [2.75, 3.05) is 0 Å². The molecular formula is C18H26N2. The monoisotopic (exact) mass is 270 g/mol. The molecule has 2 N–H and O–H groups in total. The van der Waals surface area contributed by atoms with Crippen LogP contribution in [0.2, 0.25) is 0 Å². The van der Waals surface area contributed by atoms with Crippen LogP contribution in [-0.4, -0.2) is 11.0 Å². The van der Waals surface area contributed by atoms with Crippen molar-refractivity contribution < 1.29 is 0 Å². The summed E-state index contributed by atoms with van der Waals surface area (Å²) in [6.07, 6.45) is 10.3. The standard InChI is InChI=1S/C18H26N2/c1-2-3-14-5-8-17(9-6-14)20-13-15-4-7-16-10-11-19-18(16)12-15/h4,7,10-12,14,17,19-20H,2-3,5-6,8-9,13H2,1H3. The minimum Gasteiger partial charge on any atom is -0.361 e. The number of nitrogens with one attached hydrogen (secondary N) is 2. The molecule has 0 unspecified atom stereocenters. The van der Waals surface area contributed by atoms with Gasteiger partial charge in [-0.05, 0) is 54.7 Å². The van der Waals surface area contributed by atoms with E-state index in [2.05, 4.69) is 41.5 Å². The maximum atomic E-state index is 3.74. The van der Waals surface area contributed by atoms with Gasteiger partial charge in [-0.1, -0.05) is 31.9 Å². The molecule has 1 aliphatic rings. The van der Waals surface area contributed by atoms with Gasteiger partial charge in [0.1, 0.15) is 0 Å². The average Bonchev–Trinajstić information content (AvgIpc) is 2.94. The molecule has 0 aliphatic heterocycles. The van der Waals surface area contributed by atoms with Crippen molar-refractivity contribution in [3.63, 3.8) is 0 Å². The third kappa shape index (κ3) is 3.24. The normalized spacial score (nSPS) is 23.2. The molecule has 1 saturated carbocycles. The Bertz CT molecular complexity index is 535. The molecule has 2 heteroatoms. The second kappa shape index (κ2) is 6.45. The van der Waals surface area contributed by atoms with Crippen molar-refractivity contribution in [2.45, 2.75) is 58.0 Å². The lowest BCUT2D eigenvalue weighted by Crippen LogP contribution is -2.32. The van der Waals surface area contributed by atoms with E-state index in [0.29, 0.717) is 0 Å². The molecule has 3 rings (SSSR count). The van der Waals surface area contributed by atoms with Gasteiger partial charge < -0.3 is 10.3 Å². The minimum absolute atomic E-state index is 0.724. The third-order valence-corrected chi connectivity index (χ3v) is 4.76. The number of rotatable bonds is 5. The molecule has 2 nitrogen and oxygen atoms in total. The van der Waals surface area contributed by atoms with Crippen molar-refractivity contribution in [3.05, 3.63) is 36.0 Å². The first kappa shape index (κ1) is 13.7. The van der Waals surface area contributed by atoms with Gasteiger partial charge in [0.15, 0.2) is 0 Å². The largest absolute Gasteiger partial charge is 0.361 e. The van der Waals surface area contributed by atoms with Crippen LogP contribution in [0.1, 0.15) is 51.0 Å². The fraction of sp³-hybridized carbons (Fsp3) is 0.556. The van der Waals surface area contributed by atoms with E-state index in [1.54, 1.807) is 0 Å². The molecule has 1 aliphatic carbocycles. The highest BCUT2D eigenvalue weighted by Crippen LogP contribution is 2.27. The second-order valence-corrected chi connectivity index (χ2v) is 6.29. The summed E-state index contributed by atoms with van der Waals surface area (Å²) in [6, 6.07) is 9.57. The number of fused-ring (bicyclic) bond motifs is 1.